The van der Waals surface area contributed by atoms with Gasteiger partial charge in [0, 0.05) is 37.4 Å². The lowest BCUT2D eigenvalue weighted by Crippen LogP contribution is -2.36. The van der Waals surface area contributed by atoms with Crippen molar-refractivity contribution in [2.45, 2.75) is 39.5 Å². The first-order chi connectivity index (χ1) is 13.0. The molecule has 0 heterocycles. The molecule has 0 aliphatic rings. The van der Waals surface area contributed by atoms with Crippen LogP contribution >= 0.6 is 0 Å². The molecule has 0 aliphatic heterocycles. The first-order valence-corrected chi connectivity index (χ1v) is 8.50. The van der Waals surface area contributed by atoms with Crippen molar-refractivity contribution in [2.75, 3.05) is 0 Å². The highest BCUT2D eigenvalue weighted by Crippen LogP contribution is 2.19. The molecule has 2 aromatic carbocycles. The molecule has 9 heteroatoms. The number of carbonyl (C=O) groups is 1. The molecule has 0 aromatic heterocycles. The Hall–Kier alpha value is -3.49. The highest BCUT2D eigenvalue weighted by Gasteiger charge is 2.23. The monoisotopic (exact) mass is 387 g/mol. The molecule has 2 rings (SSSR count). The molecule has 0 atom stereocenters. The van der Waals surface area contributed by atoms with Gasteiger partial charge in [-0.15, -0.1) is 0 Å². The molecule has 148 valence electrons. The summed E-state index contributed by atoms with van der Waals surface area (Å²) >= 11 is 0. The smallest absolute Gasteiger partial charge is 0.410 e. The van der Waals surface area contributed by atoms with E-state index in [1.807, 2.05) is 0 Å². The molecule has 0 saturated carbocycles. The van der Waals surface area contributed by atoms with Crippen molar-refractivity contribution >= 4 is 17.5 Å². The summed E-state index contributed by atoms with van der Waals surface area (Å²) in [5.41, 5.74) is 0.614. The van der Waals surface area contributed by atoms with E-state index in [9.17, 15) is 25.0 Å². The standard InChI is InChI=1S/C19H21N3O6/c1-19(2,3)28-18(23)20(12-14-4-8-16(9-5-14)21(24)25)13-15-6-10-17(11-7-15)22(26)27/h4-11H,12-13H2,1-3H3. The molecule has 0 bridgehead atoms. The Kier molecular flexibility index (Phi) is 6.29. The van der Waals surface area contributed by atoms with Crippen LogP contribution in [0.5, 0.6) is 0 Å². The van der Waals surface area contributed by atoms with Crippen LogP contribution in [0, 0.1) is 20.2 Å². The summed E-state index contributed by atoms with van der Waals surface area (Å²) in [4.78, 5) is 34.6. The third-order valence-corrected chi connectivity index (χ3v) is 3.69. The SMILES string of the molecule is CC(C)(C)OC(=O)N(Cc1ccc([N+](=O)[O-])cc1)Cc1ccc([N+](=O)[O-])cc1. The Bertz CT molecular complexity index is 797. The van der Waals surface area contributed by atoms with Gasteiger partial charge < -0.3 is 4.74 Å². The number of non-ortho nitro benzene ring substituents is 2. The number of rotatable bonds is 6. The second-order valence-corrected chi connectivity index (χ2v) is 7.18. The Labute approximate surface area is 161 Å². The first-order valence-electron chi connectivity index (χ1n) is 8.50. The predicted octanol–water partition coefficient (Wildman–Crippen LogP) is 4.44. The van der Waals surface area contributed by atoms with Gasteiger partial charge in [0.1, 0.15) is 5.60 Å². The fourth-order valence-corrected chi connectivity index (χ4v) is 2.40. The molecule has 2 aromatic rings. The van der Waals surface area contributed by atoms with Crippen LogP contribution in [-0.4, -0.2) is 26.4 Å². The lowest BCUT2D eigenvalue weighted by Gasteiger charge is -2.27. The van der Waals surface area contributed by atoms with Crippen LogP contribution in [0.2, 0.25) is 0 Å². The zero-order chi connectivity index (χ0) is 20.9. The number of hydrogen-bond acceptors (Lipinski definition) is 6. The van der Waals surface area contributed by atoms with Crippen LogP contribution in [0.25, 0.3) is 0 Å². The van der Waals surface area contributed by atoms with Crippen LogP contribution in [-0.2, 0) is 17.8 Å². The number of hydrogen-bond donors (Lipinski definition) is 0. The van der Waals surface area contributed by atoms with E-state index in [0.717, 1.165) is 0 Å². The van der Waals surface area contributed by atoms with E-state index in [1.54, 1.807) is 45.0 Å². The van der Waals surface area contributed by atoms with Crippen LogP contribution in [0.1, 0.15) is 31.9 Å². The average Bonchev–Trinajstić information content (AvgIpc) is 2.60. The summed E-state index contributed by atoms with van der Waals surface area (Å²) in [6.07, 6.45) is -0.552. The fourth-order valence-electron chi connectivity index (χ4n) is 2.40. The van der Waals surface area contributed by atoms with Gasteiger partial charge in [-0.1, -0.05) is 24.3 Å². The average molecular weight is 387 g/mol. The number of nitrogens with zero attached hydrogens (tertiary/aromatic N) is 3. The predicted molar refractivity (Wildman–Crippen MR) is 102 cm³/mol. The molecule has 28 heavy (non-hydrogen) atoms. The van der Waals surface area contributed by atoms with Gasteiger partial charge in [0.25, 0.3) is 11.4 Å². The van der Waals surface area contributed by atoms with Crippen molar-refractivity contribution in [1.82, 2.24) is 4.90 Å². The van der Waals surface area contributed by atoms with E-state index in [-0.39, 0.29) is 24.5 Å². The maximum Gasteiger partial charge on any atom is 0.410 e. The van der Waals surface area contributed by atoms with Crippen molar-refractivity contribution in [3.05, 3.63) is 79.9 Å². The van der Waals surface area contributed by atoms with Crippen molar-refractivity contribution in [3.8, 4) is 0 Å². The maximum atomic E-state index is 12.6. The number of amides is 1. The van der Waals surface area contributed by atoms with Crippen LogP contribution < -0.4 is 0 Å². The van der Waals surface area contributed by atoms with Gasteiger partial charge in [-0.2, -0.15) is 0 Å². The second kappa shape index (κ2) is 8.47. The normalized spacial score (nSPS) is 11.0. The molecule has 0 spiro atoms. The molecule has 0 unspecified atom stereocenters. The second-order valence-electron chi connectivity index (χ2n) is 7.18. The largest absolute Gasteiger partial charge is 0.444 e. The summed E-state index contributed by atoms with van der Waals surface area (Å²) < 4.78 is 5.44. The van der Waals surface area contributed by atoms with Gasteiger partial charge in [0.05, 0.1) is 9.85 Å². The summed E-state index contributed by atoms with van der Waals surface area (Å²) in [6.45, 7) is 5.59. The molecule has 9 nitrogen and oxygen atoms in total. The lowest BCUT2D eigenvalue weighted by atomic mass is 10.1. The number of ether oxygens (including phenoxy) is 1. The van der Waals surface area contributed by atoms with Gasteiger partial charge in [-0.05, 0) is 31.9 Å². The molecular weight excluding hydrogens is 366 g/mol. The summed E-state index contributed by atoms with van der Waals surface area (Å²) in [7, 11) is 0. The van der Waals surface area contributed by atoms with Crippen molar-refractivity contribution < 1.29 is 19.4 Å². The maximum absolute atomic E-state index is 12.6. The zero-order valence-corrected chi connectivity index (χ0v) is 15.8. The molecule has 0 aliphatic carbocycles. The summed E-state index contributed by atoms with van der Waals surface area (Å²) in [5, 5.41) is 21.6. The van der Waals surface area contributed by atoms with Crippen LogP contribution in [0.4, 0.5) is 16.2 Å². The van der Waals surface area contributed by atoms with Crippen molar-refractivity contribution in [2.24, 2.45) is 0 Å². The quantitative estimate of drug-likeness (QED) is 0.534. The minimum Gasteiger partial charge on any atom is -0.444 e. The number of benzene rings is 2. The summed E-state index contributed by atoms with van der Waals surface area (Å²) in [5.74, 6) is 0. The minimum atomic E-state index is -0.694. The molecule has 1 amide bonds. The molecular formula is C19H21N3O6. The zero-order valence-electron chi connectivity index (χ0n) is 15.8. The van der Waals surface area contributed by atoms with Crippen molar-refractivity contribution in [3.63, 3.8) is 0 Å². The highest BCUT2D eigenvalue weighted by atomic mass is 16.6. The Morgan fingerprint density at radius 2 is 1.21 bits per heavy atom. The molecule has 0 fully saturated rings. The highest BCUT2D eigenvalue weighted by molar-refractivity contribution is 5.68. The van der Waals surface area contributed by atoms with E-state index >= 15 is 0 Å². The van der Waals surface area contributed by atoms with Crippen LogP contribution in [0.3, 0.4) is 0 Å². The minimum absolute atomic E-state index is 0.0389. The Morgan fingerprint density at radius 1 is 0.857 bits per heavy atom. The first kappa shape index (κ1) is 20.8. The fraction of sp³-hybridized carbons (Fsp3) is 0.316. The molecule has 0 N–H and O–H groups in total. The number of carbonyl (C=O) groups excluding carboxylic acids is 1. The van der Waals surface area contributed by atoms with Gasteiger partial charge in [0.15, 0.2) is 0 Å². The van der Waals surface area contributed by atoms with E-state index in [0.29, 0.717) is 11.1 Å². The van der Waals surface area contributed by atoms with Gasteiger partial charge in [0.2, 0.25) is 0 Å². The number of nitro benzene ring substituents is 2. The van der Waals surface area contributed by atoms with E-state index in [1.165, 1.54) is 29.2 Å². The van der Waals surface area contributed by atoms with Crippen molar-refractivity contribution in [1.29, 1.82) is 0 Å². The van der Waals surface area contributed by atoms with E-state index in [4.69, 9.17) is 4.74 Å². The summed E-state index contributed by atoms with van der Waals surface area (Å²) in [6, 6.07) is 11.8. The van der Waals surface area contributed by atoms with E-state index < -0.39 is 21.5 Å². The van der Waals surface area contributed by atoms with E-state index in [2.05, 4.69) is 0 Å². The number of nitro groups is 2. The van der Waals surface area contributed by atoms with Gasteiger partial charge in [-0.25, -0.2) is 4.79 Å². The molecule has 0 saturated heterocycles. The molecule has 0 radical (unpaired) electrons. The van der Waals surface area contributed by atoms with Gasteiger partial charge in [-0.3, -0.25) is 25.1 Å². The third kappa shape index (κ3) is 6.04. The van der Waals surface area contributed by atoms with Gasteiger partial charge >= 0.3 is 6.09 Å². The lowest BCUT2D eigenvalue weighted by molar-refractivity contribution is -0.385. The third-order valence-electron chi connectivity index (χ3n) is 3.69. The Morgan fingerprint density at radius 3 is 1.50 bits per heavy atom. The topological polar surface area (TPSA) is 116 Å². The van der Waals surface area contributed by atoms with Crippen LogP contribution in [0.15, 0.2) is 48.5 Å². The Balaban J connectivity index is 2.21.